The van der Waals surface area contributed by atoms with Crippen LogP contribution < -0.4 is 9.47 Å². The summed E-state index contributed by atoms with van der Waals surface area (Å²) in [5, 5.41) is 19.0. The highest BCUT2D eigenvalue weighted by Crippen LogP contribution is 2.25. The Labute approximate surface area is 173 Å². The van der Waals surface area contributed by atoms with E-state index in [1.54, 1.807) is 11.8 Å². The lowest BCUT2D eigenvalue weighted by Crippen LogP contribution is -2.07. The largest absolute Gasteiger partial charge is 0.494 e. The van der Waals surface area contributed by atoms with E-state index in [1.165, 1.54) is 0 Å². The van der Waals surface area contributed by atoms with Crippen LogP contribution >= 0.6 is 23.4 Å². The van der Waals surface area contributed by atoms with Crippen LogP contribution in [0, 0.1) is 0 Å². The van der Waals surface area contributed by atoms with Crippen molar-refractivity contribution in [2.45, 2.75) is 25.1 Å². The van der Waals surface area contributed by atoms with Gasteiger partial charge in [-0.25, -0.2) is 0 Å². The maximum atomic E-state index is 9.03. The minimum atomic E-state index is 0.149. The molecule has 0 spiro atoms. The molecule has 3 aromatic rings. The normalized spacial score (nSPS) is 10.8. The van der Waals surface area contributed by atoms with Crippen molar-refractivity contribution in [2.75, 3.05) is 19.0 Å². The van der Waals surface area contributed by atoms with E-state index in [-0.39, 0.29) is 13.2 Å². The highest BCUT2D eigenvalue weighted by Gasteiger charge is 2.15. The third kappa shape index (κ3) is 5.41. The van der Waals surface area contributed by atoms with E-state index in [2.05, 4.69) is 10.2 Å². The minimum absolute atomic E-state index is 0.149. The van der Waals surface area contributed by atoms with Crippen LogP contribution in [0.25, 0.3) is 5.69 Å². The van der Waals surface area contributed by atoms with Crippen molar-refractivity contribution < 1.29 is 14.6 Å². The van der Waals surface area contributed by atoms with E-state index >= 15 is 0 Å². The monoisotopic (exact) mass is 419 g/mol. The maximum absolute atomic E-state index is 9.03. The zero-order valence-corrected chi connectivity index (χ0v) is 17.1. The van der Waals surface area contributed by atoms with Crippen LogP contribution in [-0.2, 0) is 6.61 Å². The van der Waals surface area contributed by atoms with Gasteiger partial charge in [0.05, 0.1) is 6.61 Å². The number of hydrogen-bond acceptors (Lipinski definition) is 6. The van der Waals surface area contributed by atoms with E-state index in [9.17, 15) is 0 Å². The lowest BCUT2D eigenvalue weighted by atomic mass is 10.3. The number of hydrogen-bond donors (Lipinski definition) is 1. The molecule has 0 radical (unpaired) electrons. The molecule has 1 heterocycles. The molecule has 0 amide bonds. The number of ether oxygens (including phenoxy) is 2. The predicted molar refractivity (Wildman–Crippen MR) is 111 cm³/mol. The average molecular weight is 420 g/mol. The Bertz CT molecular complexity index is 869. The molecule has 0 saturated carbocycles. The summed E-state index contributed by atoms with van der Waals surface area (Å²) in [5.41, 5.74) is 0.909. The van der Waals surface area contributed by atoms with Gasteiger partial charge in [0.2, 0.25) is 0 Å². The van der Waals surface area contributed by atoms with Gasteiger partial charge in [0.25, 0.3) is 0 Å². The first-order valence-electron chi connectivity index (χ1n) is 9.01. The van der Waals surface area contributed by atoms with Gasteiger partial charge >= 0.3 is 0 Å². The van der Waals surface area contributed by atoms with Gasteiger partial charge < -0.3 is 14.6 Å². The van der Waals surface area contributed by atoms with Gasteiger partial charge in [-0.05, 0) is 61.9 Å². The number of nitrogens with zero attached hydrogens (tertiary/aromatic N) is 3. The van der Waals surface area contributed by atoms with Crippen LogP contribution in [0.3, 0.4) is 0 Å². The molecule has 0 unspecified atom stereocenters. The van der Waals surface area contributed by atoms with Crippen LogP contribution in [0.15, 0.2) is 53.7 Å². The summed E-state index contributed by atoms with van der Waals surface area (Å²) in [4.78, 5) is 0. The summed E-state index contributed by atoms with van der Waals surface area (Å²) in [6.45, 7) is 2.99. The van der Waals surface area contributed by atoms with Crippen molar-refractivity contribution in [1.82, 2.24) is 14.8 Å². The molecule has 6 nitrogen and oxygen atoms in total. The molecule has 0 bridgehead atoms. The van der Waals surface area contributed by atoms with Crippen LogP contribution in [0.5, 0.6) is 11.5 Å². The molecule has 2 aromatic carbocycles. The highest BCUT2D eigenvalue weighted by molar-refractivity contribution is 7.99. The van der Waals surface area contributed by atoms with Gasteiger partial charge in [0, 0.05) is 23.1 Å². The number of rotatable bonds is 10. The quantitative estimate of drug-likeness (QED) is 0.388. The molecule has 0 fully saturated rings. The van der Waals surface area contributed by atoms with Crippen molar-refractivity contribution in [3.63, 3.8) is 0 Å². The van der Waals surface area contributed by atoms with Crippen LogP contribution in [0.2, 0.25) is 5.02 Å². The first-order chi connectivity index (χ1) is 13.7. The van der Waals surface area contributed by atoms with E-state index in [1.807, 2.05) is 60.0 Å². The number of aliphatic hydroxyl groups excluding tert-OH is 1. The molecule has 1 N–H and O–H groups in total. The van der Waals surface area contributed by atoms with E-state index in [4.69, 9.17) is 26.2 Å². The molecule has 3 rings (SSSR count). The Morgan fingerprint density at radius 2 is 1.68 bits per heavy atom. The summed E-state index contributed by atoms with van der Waals surface area (Å²) in [5.74, 6) is 2.97. The van der Waals surface area contributed by atoms with Crippen LogP contribution in [-0.4, -0.2) is 38.8 Å². The van der Waals surface area contributed by atoms with E-state index < -0.39 is 0 Å². The molecule has 0 aliphatic heterocycles. The second kappa shape index (κ2) is 10.4. The fraction of sp³-hybridized carbons (Fsp3) is 0.300. The Morgan fingerprint density at radius 1 is 1.00 bits per heavy atom. The van der Waals surface area contributed by atoms with Gasteiger partial charge in [0.15, 0.2) is 11.0 Å². The first kappa shape index (κ1) is 20.5. The molecule has 148 valence electrons. The Morgan fingerprint density at radius 3 is 2.32 bits per heavy atom. The SMILES string of the molecule is CCOc1ccc(OCc2nnc(SCCCO)n2-c2ccc(Cl)cc2)cc1. The Hall–Kier alpha value is -2.22. The fourth-order valence-electron chi connectivity index (χ4n) is 2.51. The van der Waals surface area contributed by atoms with Gasteiger partial charge in [-0.3, -0.25) is 4.57 Å². The van der Waals surface area contributed by atoms with Crippen molar-refractivity contribution >= 4 is 23.4 Å². The standard InChI is InChI=1S/C20H22ClN3O3S/c1-2-26-17-8-10-18(11-9-17)27-14-19-22-23-20(28-13-3-12-25)24(19)16-6-4-15(21)5-7-16/h4-11,25H,2-3,12-14H2,1H3. The first-order valence-corrected chi connectivity index (χ1v) is 10.4. The second-order valence-electron chi connectivity index (χ2n) is 5.83. The molecule has 0 aliphatic rings. The molecule has 0 atom stereocenters. The van der Waals surface area contributed by atoms with Crippen LogP contribution in [0.4, 0.5) is 0 Å². The number of benzene rings is 2. The van der Waals surface area contributed by atoms with Gasteiger partial charge in [-0.1, -0.05) is 23.4 Å². The molecule has 1 aromatic heterocycles. The number of thioether (sulfide) groups is 1. The van der Waals surface area contributed by atoms with Gasteiger partial charge in [0.1, 0.15) is 18.1 Å². The lowest BCUT2D eigenvalue weighted by Gasteiger charge is -2.11. The number of halogens is 1. The Balaban J connectivity index is 1.78. The van der Waals surface area contributed by atoms with Crippen molar-refractivity contribution in [3.05, 3.63) is 59.4 Å². The lowest BCUT2D eigenvalue weighted by molar-refractivity contribution is 0.291. The predicted octanol–water partition coefficient (Wildman–Crippen LogP) is 4.37. The summed E-state index contributed by atoms with van der Waals surface area (Å²) >= 11 is 7.57. The van der Waals surface area contributed by atoms with Crippen molar-refractivity contribution in [2.24, 2.45) is 0 Å². The third-order valence-electron chi connectivity index (χ3n) is 3.82. The van der Waals surface area contributed by atoms with Gasteiger partial charge in [-0.15, -0.1) is 10.2 Å². The van der Waals surface area contributed by atoms with E-state index in [0.717, 1.165) is 28.1 Å². The third-order valence-corrected chi connectivity index (χ3v) is 5.09. The summed E-state index contributed by atoms with van der Waals surface area (Å²) in [7, 11) is 0. The average Bonchev–Trinajstić information content (AvgIpc) is 3.11. The molecule has 0 saturated heterocycles. The molecule has 8 heteroatoms. The molecular weight excluding hydrogens is 398 g/mol. The van der Waals surface area contributed by atoms with Gasteiger partial charge in [-0.2, -0.15) is 0 Å². The minimum Gasteiger partial charge on any atom is -0.494 e. The van der Waals surface area contributed by atoms with E-state index in [0.29, 0.717) is 23.9 Å². The number of aromatic nitrogens is 3. The zero-order chi connectivity index (χ0) is 19.8. The molecule has 28 heavy (non-hydrogen) atoms. The maximum Gasteiger partial charge on any atom is 0.195 e. The molecular formula is C20H22ClN3O3S. The molecule has 0 aliphatic carbocycles. The van der Waals surface area contributed by atoms with Crippen molar-refractivity contribution in [3.8, 4) is 17.2 Å². The fourth-order valence-corrected chi connectivity index (χ4v) is 3.53. The smallest absolute Gasteiger partial charge is 0.195 e. The van der Waals surface area contributed by atoms with Crippen LogP contribution in [0.1, 0.15) is 19.2 Å². The summed E-state index contributed by atoms with van der Waals surface area (Å²) < 4.78 is 13.3. The topological polar surface area (TPSA) is 69.4 Å². The summed E-state index contributed by atoms with van der Waals surface area (Å²) in [6.07, 6.45) is 0.691. The highest BCUT2D eigenvalue weighted by atomic mass is 35.5. The Kier molecular flexibility index (Phi) is 7.59. The van der Waals surface area contributed by atoms with Crippen molar-refractivity contribution in [1.29, 1.82) is 0 Å². The summed E-state index contributed by atoms with van der Waals surface area (Å²) in [6, 6.07) is 15.0. The second-order valence-corrected chi connectivity index (χ2v) is 7.33. The number of aliphatic hydroxyl groups is 1. The zero-order valence-electron chi connectivity index (χ0n) is 15.5.